The van der Waals surface area contributed by atoms with Crippen molar-refractivity contribution in [2.24, 2.45) is 11.8 Å². The number of hydrogen-bond donors (Lipinski definition) is 2. The van der Waals surface area contributed by atoms with Gasteiger partial charge in [-0.25, -0.2) is 12.8 Å². The second kappa shape index (κ2) is 5.75. The van der Waals surface area contributed by atoms with Crippen LogP contribution in [-0.2, 0) is 19.6 Å². The third-order valence-electron chi connectivity index (χ3n) is 4.80. The number of aliphatic hydroxyl groups is 1. The molecule has 1 aromatic carbocycles. The maximum atomic E-state index is 14.0. The van der Waals surface area contributed by atoms with E-state index in [4.69, 9.17) is 11.6 Å². The normalized spacial score (nSPS) is 32.1. The number of nitrogens with one attached hydrogen (secondary N) is 1. The first-order valence-corrected chi connectivity index (χ1v) is 9.93. The Morgan fingerprint density at radius 2 is 1.76 bits per heavy atom. The summed E-state index contributed by atoms with van der Waals surface area (Å²) in [5.74, 6) is -4.00. The summed E-state index contributed by atoms with van der Waals surface area (Å²) in [5, 5.41) is 9.98. The van der Waals surface area contributed by atoms with Crippen LogP contribution in [0.25, 0.3) is 0 Å². The van der Waals surface area contributed by atoms with Gasteiger partial charge in [-0.1, -0.05) is 11.6 Å². The lowest BCUT2D eigenvalue weighted by atomic mass is 9.89. The number of ketones is 2. The predicted molar refractivity (Wildman–Crippen MR) is 89.5 cm³/mol. The molecule has 2 fully saturated rings. The summed E-state index contributed by atoms with van der Waals surface area (Å²) in [7, 11) is -3.75. The Morgan fingerprint density at radius 3 is 2.24 bits per heavy atom. The van der Waals surface area contributed by atoms with E-state index in [1.54, 1.807) is 6.92 Å². The molecule has 2 saturated carbocycles. The van der Waals surface area contributed by atoms with Gasteiger partial charge in [0.15, 0.2) is 11.6 Å². The highest BCUT2D eigenvalue weighted by atomic mass is 35.5. The summed E-state index contributed by atoms with van der Waals surface area (Å²) >= 11 is 6.03. The summed E-state index contributed by atoms with van der Waals surface area (Å²) in [6, 6.07) is 1.98. The minimum absolute atomic E-state index is 0.0817. The fourth-order valence-corrected chi connectivity index (χ4v) is 4.67. The second-order valence-corrected chi connectivity index (χ2v) is 9.24. The lowest BCUT2D eigenvalue weighted by Crippen LogP contribution is -2.25. The summed E-state index contributed by atoms with van der Waals surface area (Å²) in [6.45, 7) is 1.58. The Morgan fingerprint density at radius 1 is 1.24 bits per heavy atom. The molecule has 136 valence electrons. The van der Waals surface area contributed by atoms with Gasteiger partial charge in [0, 0.05) is 16.9 Å². The standard InChI is InChI=1S/C16H17ClFNO5S/c1-16(22)5-8-9(6-16)15(21)13(14(8)20)7-3-12(19-25(2,23)24)11(18)4-10(7)17/h3-4,8-9,13,19,22H,5-6H2,1-2H3. The molecule has 25 heavy (non-hydrogen) atoms. The highest BCUT2D eigenvalue weighted by Gasteiger charge is 2.57. The van der Waals surface area contributed by atoms with Crippen LogP contribution in [0.3, 0.4) is 0 Å². The van der Waals surface area contributed by atoms with Crippen molar-refractivity contribution in [3.05, 3.63) is 28.5 Å². The minimum Gasteiger partial charge on any atom is -0.390 e. The molecule has 2 aliphatic rings. The number of anilines is 1. The monoisotopic (exact) mass is 389 g/mol. The molecule has 3 rings (SSSR count). The van der Waals surface area contributed by atoms with E-state index in [2.05, 4.69) is 0 Å². The van der Waals surface area contributed by atoms with Gasteiger partial charge in [-0.3, -0.25) is 14.3 Å². The van der Waals surface area contributed by atoms with Crippen LogP contribution in [0.2, 0.25) is 5.02 Å². The number of hydrogen-bond acceptors (Lipinski definition) is 5. The molecule has 2 N–H and O–H groups in total. The molecular formula is C16H17ClFNO5S. The van der Waals surface area contributed by atoms with Gasteiger partial charge in [-0.15, -0.1) is 0 Å². The summed E-state index contributed by atoms with van der Waals surface area (Å²) in [4.78, 5) is 25.4. The lowest BCUT2D eigenvalue weighted by Gasteiger charge is -2.19. The van der Waals surface area contributed by atoms with E-state index in [9.17, 15) is 27.5 Å². The zero-order valence-corrected chi connectivity index (χ0v) is 15.1. The zero-order valence-electron chi connectivity index (χ0n) is 13.5. The molecule has 1 aromatic rings. The minimum atomic E-state index is -3.75. The third-order valence-corrected chi connectivity index (χ3v) is 5.72. The first-order valence-electron chi connectivity index (χ1n) is 7.66. The number of halogens is 2. The van der Waals surface area contributed by atoms with Crippen molar-refractivity contribution in [1.29, 1.82) is 0 Å². The van der Waals surface area contributed by atoms with Crippen molar-refractivity contribution >= 4 is 38.9 Å². The van der Waals surface area contributed by atoms with E-state index < -0.39 is 39.2 Å². The number of carbonyl (C=O) groups is 2. The maximum Gasteiger partial charge on any atom is 0.229 e. The lowest BCUT2D eigenvalue weighted by molar-refractivity contribution is -0.126. The highest BCUT2D eigenvalue weighted by Crippen LogP contribution is 2.50. The summed E-state index contributed by atoms with van der Waals surface area (Å²) < 4.78 is 38.7. The van der Waals surface area contributed by atoms with E-state index in [0.29, 0.717) is 0 Å². The van der Waals surface area contributed by atoms with Crippen LogP contribution < -0.4 is 4.72 Å². The van der Waals surface area contributed by atoms with Gasteiger partial charge in [-0.05, 0) is 37.5 Å². The molecule has 0 bridgehead atoms. The molecule has 2 aliphatic carbocycles. The second-order valence-electron chi connectivity index (χ2n) is 7.08. The fourth-order valence-electron chi connectivity index (χ4n) is 3.85. The number of Topliss-reactive ketones (excluding diaryl/α,β-unsaturated/α-hetero) is 2. The van der Waals surface area contributed by atoms with E-state index >= 15 is 0 Å². The molecule has 0 amide bonds. The van der Waals surface area contributed by atoms with Gasteiger partial charge in [-0.2, -0.15) is 0 Å². The van der Waals surface area contributed by atoms with Crippen LogP contribution in [0, 0.1) is 17.7 Å². The molecule has 0 aliphatic heterocycles. The van der Waals surface area contributed by atoms with Crippen molar-refractivity contribution in [1.82, 2.24) is 0 Å². The average molecular weight is 390 g/mol. The fraction of sp³-hybridized carbons (Fsp3) is 0.500. The molecule has 9 heteroatoms. The van der Waals surface area contributed by atoms with Crippen LogP contribution in [0.5, 0.6) is 0 Å². The van der Waals surface area contributed by atoms with Crippen LogP contribution in [0.15, 0.2) is 12.1 Å². The predicted octanol–water partition coefficient (Wildman–Crippen LogP) is 1.86. The first kappa shape index (κ1) is 18.3. The van der Waals surface area contributed by atoms with Crippen LogP contribution in [-0.4, -0.2) is 36.9 Å². The molecule has 0 radical (unpaired) electrons. The number of fused-ring (bicyclic) bond motifs is 1. The van der Waals surface area contributed by atoms with Gasteiger partial charge < -0.3 is 5.11 Å². The van der Waals surface area contributed by atoms with Gasteiger partial charge in [0.05, 0.1) is 17.5 Å². The Kier molecular flexibility index (Phi) is 4.21. The van der Waals surface area contributed by atoms with E-state index in [1.807, 2.05) is 4.72 Å². The van der Waals surface area contributed by atoms with Gasteiger partial charge in [0.1, 0.15) is 11.7 Å². The average Bonchev–Trinajstić information content (AvgIpc) is 2.87. The number of rotatable bonds is 3. The Labute approximate surface area is 149 Å². The Bertz CT molecular complexity index is 857. The van der Waals surface area contributed by atoms with E-state index in [-0.39, 0.29) is 40.7 Å². The van der Waals surface area contributed by atoms with E-state index in [0.717, 1.165) is 18.4 Å². The van der Waals surface area contributed by atoms with Crippen molar-refractivity contribution < 1.29 is 27.5 Å². The zero-order chi connectivity index (χ0) is 18.7. The first-order chi connectivity index (χ1) is 11.4. The van der Waals surface area contributed by atoms with E-state index in [1.165, 1.54) is 0 Å². The van der Waals surface area contributed by atoms with Crippen LogP contribution >= 0.6 is 11.6 Å². The molecular weight excluding hydrogens is 373 g/mol. The molecule has 0 saturated heterocycles. The summed E-state index contributed by atoms with van der Waals surface area (Å²) in [6.07, 6.45) is 1.23. The maximum absolute atomic E-state index is 14.0. The Balaban J connectivity index is 2.02. The molecule has 0 aromatic heterocycles. The largest absolute Gasteiger partial charge is 0.390 e. The Hall–Kier alpha value is -1.51. The van der Waals surface area contributed by atoms with Crippen molar-refractivity contribution in [3.63, 3.8) is 0 Å². The number of sulfonamides is 1. The van der Waals surface area contributed by atoms with Crippen molar-refractivity contribution in [2.45, 2.75) is 31.3 Å². The SMILES string of the molecule is CC1(O)CC2C(=O)C(c3cc(NS(C)(=O)=O)c(F)cc3Cl)C(=O)C2C1. The third kappa shape index (κ3) is 3.30. The quantitative estimate of drug-likeness (QED) is 0.768. The van der Waals surface area contributed by atoms with Gasteiger partial charge >= 0.3 is 0 Å². The number of benzene rings is 1. The van der Waals surface area contributed by atoms with Crippen molar-refractivity contribution in [3.8, 4) is 0 Å². The topological polar surface area (TPSA) is 101 Å². The highest BCUT2D eigenvalue weighted by molar-refractivity contribution is 7.92. The molecule has 6 nitrogen and oxygen atoms in total. The number of carbonyl (C=O) groups excluding carboxylic acids is 2. The van der Waals surface area contributed by atoms with Gasteiger partial charge in [0.2, 0.25) is 10.0 Å². The smallest absolute Gasteiger partial charge is 0.229 e. The molecule has 0 spiro atoms. The van der Waals surface area contributed by atoms with Crippen LogP contribution in [0.4, 0.5) is 10.1 Å². The van der Waals surface area contributed by atoms with Crippen LogP contribution in [0.1, 0.15) is 31.2 Å². The molecule has 0 heterocycles. The molecule has 2 atom stereocenters. The molecule has 2 unspecified atom stereocenters. The van der Waals surface area contributed by atoms with Gasteiger partial charge in [0.25, 0.3) is 0 Å². The summed E-state index contributed by atoms with van der Waals surface area (Å²) in [5.41, 5.74) is -1.36. The van der Waals surface area contributed by atoms with Crippen molar-refractivity contribution in [2.75, 3.05) is 11.0 Å².